The molecule has 0 saturated carbocycles. The summed E-state index contributed by atoms with van der Waals surface area (Å²) < 4.78 is 13.2. The van der Waals surface area contributed by atoms with Crippen molar-refractivity contribution in [2.24, 2.45) is 5.41 Å². The smallest absolute Gasteiger partial charge is 0.123 e. The normalized spacial score (nSPS) is 18.3. The summed E-state index contributed by atoms with van der Waals surface area (Å²) in [5.41, 5.74) is 2.07. The first kappa shape index (κ1) is 13.3. The van der Waals surface area contributed by atoms with Crippen molar-refractivity contribution in [2.75, 3.05) is 18.0 Å². The molecule has 18 heavy (non-hydrogen) atoms. The molecular formula is C15H22FNO. The fourth-order valence-electron chi connectivity index (χ4n) is 2.96. The molecule has 1 aromatic rings. The van der Waals surface area contributed by atoms with E-state index in [4.69, 9.17) is 0 Å². The predicted octanol–water partition coefficient (Wildman–Crippen LogP) is 3.33. The predicted molar refractivity (Wildman–Crippen MR) is 72.2 cm³/mol. The van der Waals surface area contributed by atoms with Gasteiger partial charge in [-0.25, -0.2) is 4.39 Å². The minimum atomic E-state index is -0.278. The van der Waals surface area contributed by atoms with Crippen LogP contribution >= 0.6 is 0 Å². The van der Waals surface area contributed by atoms with Crippen LogP contribution in [0.2, 0.25) is 0 Å². The number of aliphatic hydroxyl groups is 1. The van der Waals surface area contributed by atoms with Gasteiger partial charge >= 0.3 is 0 Å². The fraction of sp³-hybridized carbons (Fsp3) is 0.600. The molecule has 0 unspecified atom stereocenters. The second-order valence-electron chi connectivity index (χ2n) is 5.31. The summed E-state index contributed by atoms with van der Waals surface area (Å²) in [5.74, 6) is -0.278. The van der Waals surface area contributed by atoms with E-state index in [0.29, 0.717) is 11.0 Å². The van der Waals surface area contributed by atoms with Gasteiger partial charge in [-0.05, 0) is 42.9 Å². The summed E-state index contributed by atoms with van der Waals surface area (Å²) in [6, 6.07) is 4.71. The van der Waals surface area contributed by atoms with Crippen LogP contribution in [-0.4, -0.2) is 18.2 Å². The van der Waals surface area contributed by atoms with Crippen molar-refractivity contribution < 1.29 is 9.50 Å². The van der Waals surface area contributed by atoms with Crippen LogP contribution in [0, 0.1) is 11.2 Å². The lowest BCUT2D eigenvalue weighted by atomic mass is 9.82. The molecule has 0 atom stereocenters. The van der Waals surface area contributed by atoms with Crippen LogP contribution in [0.4, 0.5) is 10.1 Å². The Morgan fingerprint density at radius 3 is 2.61 bits per heavy atom. The summed E-state index contributed by atoms with van der Waals surface area (Å²) in [4.78, 5) is 2.29. The molecule has 0 aromatic heterocycles. The molecule has 1 fully saturated rings. The van der Waals surface area contributed by atoms with Crippen LogP contribution < -0.4 is 4.90 Å². The van der Waals surface area contributed by atoms with E-state index in [9.17, 15) is 9.50 Å². The summed E-state index contributed by atoms with van der Waals surface area (Å²) in [6.45, 7) is 6.39. The van der Waals surface area contributed by atoms with Gasteiger partial charge in [0, 0.05) is 24.3 Å². The molecule has 2 rings (SSSR count). The molecule has 1 heterocycles. The summed E-state index contributed by atoms with van der Waals surface area (Å²) in [6.07, 6.45) is 3.54. The number of rotatable bonds is 4. The number of anilines is 1. The lowest BCUT2D eigenvalue weighted by Crippen LogP contribution is -2.26. The standard InChI is InChI=1S/C15H22FNO/c1-3-15(4-2)7-8-17(11-15)14-6-5-13(16)9-12(14)10-18/h5-6,9,18H,3-4,7-8,10-11H2,1-2H3. The first-order valence-electron chi connectivity index (χ1n) is 6.78. The Bertz CT molecular complexity index is 415. The second kappa shape index (κ2) is 5.27. The van der Waals surface area contributed by atoms with E-state index in [2.05, 4.69) is 18.7 Å². The second-order valence-corrected chi connectivity index (χ2v) is 5.31. The van der Waals surface area contributed by atoms with Gasteiger partial charge in [-0.15, -0.1) is 0 Å². The number of nitrogens with zero attached hydrogens (tertiary/aromatic N) is 1. The third kappa shape index (κ3) is 2.37. The topological polar surface area (TPSA) is 23.5 Å². The number of aliphatic hydroxyl groups excluding tert-OH is 1. The van der Waals surface area contributed by atoms with E-state index in [1.165, 1.54) is 31.4 Å². The van der Waals surface area contributed by atoms with Gasteiger partial charge in [-0.3, -0.25) is 0 Å². The Balaban J connectivity index is 2.24. The zero-order chi connectivity index (χ0) is 13.2. The molecule has 3 heteroatoms. The van der Waals surface area contributed by atoms with Gasteiger partial charge in [0.15, 0.2) is 0 Å². The zero-order valence-electron chi connectivity index (χ0n) is 11.2. The van der Waals surface area contributed by atoms with Crippen LogP contribution in [0.15, 0.2) is 18.2 Å². The fourth-order valence-corrected chi connectivity index (χ4v) is 2.96. The van der Waals surface area contributed by atoms with Crippen LogP contribution in [0.1, 0.15) is 38.7 Å². The Kier molecular flexibility index (Phi) is 3.91. The Morgan fingerprint density at radius 1 is 1.33 bits per heavy atom. The number of hydrogen-bond donors (Lipinski definition) is 1. The highest BCUT2D eigenvalue weighted by molar-refractivity contribution is 5.54. The van der Waals surface area contributed by atoms with Crippen molar-refractivity contribution in [3.63, 3.8) is 0 Å². The highest BCUT2D eigenvalue weighted by Crippen LogP contribution is 2.39. The third-order valence-corrected chi connectivity index (χ3v) is 4.49. The molecule has 2 nitrogen and oxygen atoms in total. The van der Waals surface area contributed by atoms with Crippen molar-refractivity contribution in [2.45, 2.75) is 39.7 Å². The molecule has 100 valence electrons. The van der Waals surface area contributed by atoms with E-state index >= 15 is 0 Å². The zero-order valence-corrected chi connectivity index (χ0v) is 11.2. The number of benzene rings is 1. The highest BCUT2D eigenvalue weighted by Gasteiger charge is 2.35. The Morgan fingerprint density at radius 2 is 2.06 bits per heavy atom. The van der Waals surface area contributed by atoms with Crippen LogP contribution in [-0.2, 0) is 6.61 Å². The molecule has 0 aliphatic carbocycles. The van der Waals surface area contributed by atoms with E-state index in [1.807, 2.05) is 0 Å². The van der Waals surface area contributed by atoms with Crippen LogP contribution in [0.3, 0.4) is 0 Å². The van der Waals surface area contributed by atoms with Crippen molar-refractivity contribution in [1.82, 2.24) is 0 Å². The summed E-state index contributed by atoms with van der Waals surface area (Å²) >= 11 is 0. The molecule has 1 aliphatic heterocycles. The van der Waals surface area contributed by atoms with Gasteiger partial charge in [0.1, 0.15) is 5.82 Å². The number of hydrogen-bond acceptors (Lipinski definition) is 2. The first-order chi connectivity index (χ1) is 8.64. The van der Waals surface area contributed by atoms with E-state index in [-0.39, 0.29) is 12.4 Å². The highest BCUT2D eigenvalue weighted by atomic mass is 19.1. The molecule has 1 aromatic carbocycles. The quantitative estimate of drug-likeness (QED) is 0.887. The SMILES string of the molecule is CCC1(CC)CCN(c2ccc(F)cc2CO)C1. The van der Waals surface area contributed by atoms with E-state index in [0.717, 1.165) is 18.8 Å². The number of halogens is 1. The first-order valence-corrected chi connectivity index (χ1v) is 6.78. The summed E-state index contributed by atoms with van der Waals surface area (Å²) in [5, 5.41) is 9.35. The van der Waals surface area contributed by atoms with Gasteiger partial charge < -0.3 is 10.0 Å². The van der Waals surface area contributed by atoms with E-state index in [1.54, 1.807) is 6.07 Å². The molecule has 1 saturated heterocycles. The minimum Gasteiger partial charge on any atom is -0.392 e. The average molecular weight is 251 g/mol. The van der Waals surface area contributed by atoms with Crippen molar-refractivity contribution in [3.05, 3.63) is 29.6 Å². The van der Waals surface area contributed by atoms with Crippen LogP contribution in [0.25, 0.3) is 0 Å². The largest absolute Gasteiger partial charge is 0.392 e. The Labute approximate surface area is 108 Å². The minimum absolute atomic E-state index is 0.102. The maximum atomic E-state index is 13.2. The lowest BCUT2D eigenvalue weighted by molar-refractivity contribution is 0.281. The Hall–Kier alpha value is -1.09. The maximum Gasteiger partial charge on any atom is 0.123 e. The van der Waals surface area contributed by atoms with Gasteiger partial charge in [0.05, 0.1) is 6.61 Å². The van der Waals surface area contributed by atoms with Crippen molar-refractivity contribution in [3.8, 4) is 0 Å². The van der Waals surface area contributed by atoms with E-state index < -0.39 is 0 Å². The van der Waals surface area contributed by atoms with Crippen molar-refractivity contribution in [1.29, 1.82) is 0 Å². The summed E-state index contributed by atoms with van der Waals surface area (Å²) in [7, 11) is 0. The van der Waals surface area contributed by atoms with Gasteiger partial charge in [0.2, 0.25) is 0 Å². The van der Waals surface area contributed by atoms with Gasteiger partial charge in [0.25, 0.3) is 0 Å². The lowest BCUT2D eigenvalue weighted by Gasteiger charge is -2.28. The molecule has 1 N–H and O–H groups in total. The van der Waals surface area contributed by atoms with Gasteiger partial charge in [-0.1, -0.05) is 13.8 Å². The molecule has 0 spiro atoms. The van der Waals surface area contributed by atoms with Crippen LogP contribution in [0.5, 0.6) is 0 Å². The van der Waals surface area contributed by atoms with Gasteiger partial charge in [-0.2, -0.15) is 0 Å². The third-order valence-electron chi connectivity index (χ3n) is 4.49. The molecule has 0 radical (unpaired) electrons. The average Bonchev–Trinajstić information content (AvgIpc) is 2.83. The molecular weight excluding hydrogens is 229 g/mol. The molecule has 0 amide bonds. The maximum absolute atomic E-state index is 13.2. The monoisotopic (exact) mass is 251 g/mol. The molecule has 0 bridgehead atoms. The van der Waals surface area contributed by atoms with Crippen molar-refractivity contribution >= 4 is 5.69 Å². The molecule has 1 aliphatic rings.